The van der Waals surface area contributed by atoms with Gasteiger partial charge in [0.2, 0.25) is 5.91 Å². The largest absolute Gasteiger partial charge is 0.380 e. The number of nitrogens with zero attached hydrogens (tertiary/aromatic N) is 1. The number of ether oxygens (including phenoxy) is 1. The van der Waals surface area contributed by atoms with E-state index < -0.39 is 9.84 Å². The molecule has 1 atom stereocenters. The maximum absolute atomic E-state index is 12.1. The minimum Gasteiger partial charge on any atom is -0.380 e. The molecule has 1 aromatic carbocycles. The Kier molecular flexibility index (Phi) is 5.55. The van der Waals surface area contributed by atoms with Crippen LogP contribution in [-0.2, 0) is 26.0 Å². The Morgan fingerprint density at radius 3 is 2.86 bits per heavy atom. The standard InChI is InChI=1S/C15H22N2O4S/c1-17(14-6-7-22(19,20)11-14)9-15(18)16-13-5-3-4-12(8-13)10-21-2/h3-5,8,14H,6-7,9-11H2,1-2H3,(H,16,18). The maximum atomic E-state index is 12.1. The van der Waals surface area contributed by atoms with Crippen molar-refractivity contribution in [2.75, 3.05) is 37.5 Å². The molecule has 1 heterocycles. The first-order chi connectivity index (χ1) is 10.4. The lowest BCUT2D eigenvalue weighted by molar-refractivity contribution is -0.117. The molecule has 122 valence electrons. The molecule has 0 saturated carbocycles. The molecular weight excluding hydrogens is 304 g/mol. The summed E-state index contributed by atoms with van der Waals surface area (Å²) < 4.78 is 28.0. The molecule has 1 aromatic rings. The highest BCUT2D eigenvalue weighted by atomic mass is 32.2. The molecule has 1 fully saturated rings. The number of likely N-dealkylation sites (N-methyl/N-ethyl adjacent to an activating group) is 1. The van der Waals surface area contributed by atoms with Crippen LogP contribution in [0.5, 0.6) is 0 Å². The first-order valence-corrected chi connectivity index (χ1v) is 9.00. The lowest BCUT2D eigenvalue weighted by Crippen LogP contribution is -2.38. The second-order valence-electron chi connectivity index (χ2n) is 5.65. The van der Waals surface area contributed by atoms with E-state index in [1.165, 1.54) is 0 Å². The molecule has 1 saturated heterocycles. The molecule has 0 bridgehead atoms. The summed E-state index contributed by atoms with van der Waals surface area (Å²) in [6.07, 6.45) is 0.593. The van der Waals surface area contributed by atoms with Crippen LogP contribution in [0.1, 0.15) is 12.0 Å². The summed E-state index contributed by atoms with van der Waals surface area (Å²) in [6.45, 7) is 0.665. The van der Waals surface area contributed by atoms with Crippen molar-refractivity contribution in [3.63, 3.8) is 0 Å². The van der Waals surface area contributed by atoms with E-state index in [4.69, 9.17) is 4.74 Å². The number of benzene rings is 1. The Bertz CT molecular complexity index is 630. The Morgan fingerprint density at radius 2 is 2.23 bits per heavy atom. The highest BCUT2D eigenvalue weighted by Crippen LogP contribution is 2.16. The minimum atomic E-state index is -2.93. The average Bonchev–Trinajstić information content (AvgIpc) is 2.80. The third-order valence-corrected chi connectivity index (χ3v) is 5.50. The van der Waals surface area contributed by atoms with Crippen molar-refractivity contribution in [2.24, 2.45) is 0 Å². The normalized spacial score (nSPS) is 20.2. The summed E-state index contributed by atoms with van der Waals surface area (Å²) in [5.41, 5.74) is 1.70. The summed E-state index contributed by atoms with van der Waals surface area (Å²) in [7, 11) is 0.471. The van der Waals surface area contributed by atoms with Crippen molar-refractivity contribution >= 4 is 21.4 Å². The molecule has 7 heteroatoms. The fraction of sp³-hybridized carbons (Fsp3) is 0.533. The maximum Gasteiger partial charge on any atom is 0.238 e. The van der Waals surface area contributed by atoms with Crippen LogP contribution in [0.2, 0.25) is 0 Å². The van der Waals surface area contributed by atoms with Crippen molar-refractivity contribution in [3.8, 4) is 0 Å². The van der Waals surface area contributed by atoms with Gasteiger partial charge in [0.25, 0.3) is 0 Å². The van der Waals surface area contributed by atoms with E-state index in [1.54, 1.807) is 19.1 Å². The third kappa shape index (κ3) is 4.79. The van der Waals surface area contributed by atoms with Gasteiger partial charge >= 0.3 is 0 Å². The van der Waals surface area contributed by atoms with E-state index in [2.05, 4.69) is 5.32 Å². The van der Waals surface area contributed by atoms with Crippen molar-refractivity contribution in [1.82, 2.24) is 4.90 Å². The van der Waals surface area contributed by atoms with Gasteiger partial charge in [-0.2, -0.15) is 0 Å². The molecule has 1 amide bonds. The van der Waals surface area contributed by atoms with Gasteiger partial charge in [0, 0.05) is 18.8 Å². The Balaban J connectivity index is 1.88. The van der Waals surface area contributed by atoms with Gasteiger partial charge in [-0.15, -0.1) is 0 Å². The summed E-state index contributed by atoms with van der Waals surface area (Å²) >= 11 is 0. The zero-order valence-corrected chi connectivity index (χ0v) is 13.7. The zero-order valence-electron chi connectivity index (χ0n) is 12.9. The molecular formula is C15H22N2O4S. The summed E-state index contributed by atoms with van der Waals surface area (Å²) in [4.78, 5) is 13.9. The van der Waals surface area contributed by atoms with Crippen LogP contribution in [0.4, 0.5) is 5.69 Å². The smallest absolute Gasteiger partial charge is 0.238 e. The van der Waals surface area contributed by atoms with Gasteiger partial charge in [-0.05, 0) is 31.2 Å². The highest BCUT2D eigenvalue weighted by molar-refractivity contribution is 7.91. The minimum absolute atomic E-state index is 0.0735. The molecule has 0 spiro atoms. The van der Waals surface area contributed by atoms with Crippen LogP contribution < -0.4 is 5.32 Å². The molecule has 0 aromatic heterocycles. The number of anilines is 1. The van der Waals surface area contributed by atoms with Gasteiger partial charge in [0.05, 0.1) is 24.7 Å². The second-order valence-corrected chi connectivity index (χ2v) is 7.88. The topological polar surface area (TPSA) is 75.7 Å². The van der Waals surface area contributed by atoms with Crippen molar-refractivity contribution in [1.29, 1.82) is 0 Å². The van der Waals surface area contributed by atoms with Gasteiger partial charge in [0.15, 0.2) is 9.84 Å². The SMILES string of the molecule is COCc1cccc(NC(=O)CN(C)C2CCS(=O)(=O)C2)c1. The predicted molar refractivity (Wildman–Crippen MR) is 85.5 cm³/mol. The monoisotopic (exact) mass is 326 g/mol. The van der Waals surface area contributed by atoms with Crippen LogP contribution in [0, 0.1) is 0 Å². The number of amides is 1. The summed E-state index contributed by atoms with van der Waals surface area (Å²) in [5, 5.41) is 2.83. The molecule has 0 aliphatic carbocycles. The number of carbonyl (C=O) groups excluding carboxylic acids is 1. The lowest BCUT2D eigenvalue weighted by atomic mass is 10.2. The van der Waals surface area contributed by atoms with Gasteiger partial charge in [-0.25, -0.2) is 8.42 Å². The molecule has 0 radical (unpaired) electrons. The number of nitrogens with one attached hydrogen (secondary N) is 1. The number of hydrogen-bond donors (Lipinski definition) is 1. The third-order valence-electron chi connectivity index (χ3n) is 3.75. The Morgan fingerprint density at radius 1 is 1.45 bits per heavy atom. The van der Waals surface area contributed by atoms with E-state index in [0.717, 1.165) is 5.56 Å². The zero-order chi connectivity index (χ0) is 16.2. The van der Waals surface area contributed by atoms with Crippen molar-refractivity contribution in [2.45, 2.75) is 19.1 Å². The molecule has 1 aliphatic heterocycles. The van der Waals surface area contributed by atoms with Crippen LogP contribution in [0.25, 0.3) is 0 Å². The number of hydrogen-bond acceptors (Lipinski definition) is 5. The Labute approximate surface area is 131 Å². The molecule has 22 heavy (non-hydrogen) atoms. The van der Waals surface area contributed by atoms with E-state index in [0.29, 0.717) is 18.7 Å². The molecule has 1 unspecified atom stereocenters. The van der Waals surface area contributed by atoms with E-state index in [1.807, 2.05) is 24.3 Å². The van der Waals surface area contributed by atoms with Crippen LogP contribution in [0.3, 0.4) is 0 Å². The summed E-state index contributed by atoms with van der Waals surface area (Å²) in [5.74, 6) is 0.198. The predicted octanol–water partition coefficient (Wildman–Crippen LogP) is 0.890. The molecule has 1 N–H and O–H groups in total. The van der Waals surface area contributed by atoms with Gasteiger partial charge < -0.3 is 10.1 Å². The Hall–Kier alpha value is -1.44. The fourth-order valence-corrected chi connectivity index (χ4v) is 4.39. The number of carbonyl (C=O) groups is 1. The van der Waals surface area contributed by atoms with E-state index in [-0.39, 0.29) is 30.0 Å². The number of methoxy groups -OCH3 is 1. The number of sulfone groups is 1. The van der Waals surface area contributed by atoms with Gasteiger partial charge in [0.1, 0.15) is 0 Å². The van der Waals surface area contributed by atoms with Crippen LogP contribution in [-0.4, -0.2) is 57.5 Å². The first kappa shape index (κ1) is 16.9. The molecule has 6 nitrogen and oxygen atoms in total. The first-order valence-electron chi connectivity index (χ1n) is 7.18. The van der Waals surface area contributed by atoms with Crippen molar-refractivity contribution in [3.05, 3.63) is 29.8 Å². The second kappa shape index (κ2) is 7.21. The van der Waals surface area contributed by atoms with Crippen LogP contribution >= 0.6 is 0 Å². The lowest BCUT2D eigenvalue weighted by Gasteiger charge is -2.22. The van der Waals surface area contributed by atoms with Crippen LogP contribution in [0.15, 0.2) is 24.3 Å². The molecule has 1 aliphatic rings. The molecule has 2 rings (SSSR count). The van der Waals surface area contributed by atoms with Gasteiger partial charge in [-0.3, -0.25) is 9.69 Å². The highest BCUT2D eigenvalue weighted by Gasteiger charge is 2.31. The van der Waals surface area contributed by atoms with Gasteiger partial charge in [-0.1, -0.05) is 12.1 Å². The summed E-state index contributed by atoms with van der Waals surface area (Å²) in [6, 6.07) is 7.39. The average molecular weight is 326 g/mol. The number of rotatable bonds is 6. The van der Waals surface area contributed by atoms with E-state index >= 15 is 0 Å². The fourth-order valence-electron chi connectivity index (χ4n) is 2.58. The van der Waals surface area contributed by atoms with Crippen molar-refractivity contribution < 1.29 is 17.9 Å². The van der Waals surface area contributed by atoms with E-state index in [9.17, 15) is 13.2 Å². The quantitative estimate of drug-likeness (QED) is 0.840.